The lowest BCUT2D eigenvalue weighted by Crippen LogP contribution is -2.54. The van der Waals surface area contributed by atoms with Gasteiger partial charge in [-0.05, 0) is 32.0 Å². The molecule has 1 fully saturated rings. The van der Waals surface area contributed by atoms with Crippen LogP contribution in [0.5, 0.6) is 0 Å². The number of hydrogen-bond donors (Lipinski definition) is 2. The number of carboxylic acid groups (broad SMARTS) is 1. The molecule has 0 aromatic carbocycles. The van der Waals surface area contributed by atoms with Gasteiger partial charge in [-0.1, -0.05) is 25.4 Å². The number of carboxylic acids is 1. The van der Waals surface area contributed by atoms with Gasteiger partial charge in [-0.25, -0.2) is 4.79 Å². The number of anilines is 1. The Hall–Kier alpha value is -1.87. The van der Waals surface area contributed by atoms with E-state index in [0.29, 0.717) is 11.4 Å². The van der Waals surface area contributed by atoms with Crippen LogP contribution in [0, 0.1) is 5.41 Å². The molecule has 150 valence electrons. The van der Waals surface area contributed by atoms with Gasteiger partial charge >= 0.3 is 12.1 Å². The van der Waals surface area contributed by atoms with Gasteiger partial charge in [-0.3, -0.25) is 9.78 Å². The van der Waals surface area contributed by atoms with Crippen molar-refractivity contribution in [2.24, 2.45) is 5.41 Å². The summed E-state index contributed by atoms with van der Waals surface area (Å²) in [7, 11) is 0. The van der Waals surface area contributed by atoms with Gasteiger partial charge < -0.3 is 15.3 Å². The second kappa shape index (κ2) is 8.02. The van der Waals surface area contributed by atoms with Crippen LogP contribution < -0.4 is 10.2 Å². The summed E-state index contributed by atoms with van der Waals surface area (Å²) >= 11 is 6.09. The first kappa shape index (κ1) is 21.4. The van der Waals surface area contributed by atoms with Crippen LogP contribution in [0.1, 0.15) is 32.4 Å². The van der Waals surface area contributed by atoms with E-state index in [4.69, 9.17) is 21.5 Å². The second-order valence-electron chi connectivity index (χ2n) is 7.14. The van der Waals surface area contributed by atoms with Gasteiger partial charge in [0.15, 0.2) is 0 Å². The molecular formula is C17H21ClF3N3O3. The van der Waals surface area contributed by atoms with E-state index in [0.717, 1.165) is 37.3 Å². The molecule has 6 nitrogen and oxygen atoms in total. The van der Waals surface area contributed by atoms with E-state index in [9.17, 15) is 18.0 Å². The van der Waals surface area contributed by atoms with Crippen LogP contribution in [-0.2, 0) is 16.0 Å². The number of piperidine rings is 1. The molecule has 0 saturated carbocycles. The smallest absolute Gasteiger partial charge is 0.475 e. The first-order chi connectivity index (χ1) is 12.4. The Morgan fingerprint density at radius 3 is 2.44 bits per heavy atom. The molecule has 1 saturated heterocycles. The molecule has 0 aliphatic carbocycles. The maximum atomic E-state index is 12.9. The van der Waals surface area contributed by atoms with Crippen molar-refractivity contribution < 1.29 is 27.9 Å². The molecule has 3 heterocycles. The number of fused-ring (bicyclic) bond motifs is 1. The third-order valence-corrected chi connectivity index (χ3v) is 4.70. The monoisotopic (exact) mass is 407 g/mol. The number of aromatic nitrogens is 1. The number of amides is 1. The molecule has 0 bridgehead atoms. The highest BCUT2D eigenvalue weighted by Gasteiger charge is 2.42. The van der Waals surface area contributed by atoms with Crippen LogP contribution in [-0.4, -0.2) is 47.3 Å². The molecule has 0 unspecified atom stereocenters. The molecule has 1 aromatic rings. The van der Waals surface area contributed by atoms with Crippen molar-refractivity contribution in [3.05, 3.63) is 23.0 Å². The second-order valence-corrected chi connectivity index (χ2v) is 7.58. The van der Waals surface area contributed by atoms with Crippen molar-refractivity contribution >= 4 is 29.2 Å². The SMILES string of the molecule is CC1(C)Cc2ncc(Cl)cc2N(C2CCNCC2)C1=O.O=C(O)C(F)(F)F. The zero-order valence-corrected chi connectivity index (χ0v) is 15.7. The van der Waals surface area contributed by atoms with Crippen molar-refractivity contribution in [2.45, 2.75) is 45.3 Å². The number of hydrogen-bond acceptors (Lipinski definition) is 4. The minimum atomic E-state index is -5.08. The number of halogens is 4. The summed E-state index contributed by atoms with van der Waals surface area (Å²) in [5.74, 6) is -2.56. The van der Waals surface area contributed by atoms with Crippen LogP contribution in [0.3, 0.4) is 0 Å². The molecule has 0 radical (unpaired) electrons. The molecule has 10 heteroatoms. The van der Waals surface area contributed by atoms with E-state index < -0.39 is 17.6 Å². The fourth-order valence-corrected chi connectivity index (χ4v) is 3.31. The zero-order valence-electron chi connectivity index (χ0n) is 14.9. The minimum Gasteiger partial charge on any atom is -0.475 e. The van der Waals surface area contributed by atoms with E-state index in [1.165, 1.54) is 0 Å². The molecule has 1 amide bonds. The molecule has 2 N–H and O–H groups in total. The van der Waals surface area contributed by atoms with E-state index in [2.05, 4.69) is 10.3 Å². The van der Waals surface area contributed by atoms with Crippen molar-refractivity contribution in [3.8, 4) is 0 Å². The van der Waals surface area contributed by atoms with Gasteiger partial charge in [0.25, 0.3) is 0 Å². The van der Waals surface area contributed by atoms with Gasteiger partial charge in [-0.15, -0.1) is 0 Å². The quantitative estimate of drug-likeness (QED) is 0.747. The third kappa shape index (κ3) is 5.10. The molecular weight excluding hydrogens is 387 g/mol. The Morgan fingerprint density at radius 2 is 1.93 bits per heavy atom. The average Bonchev–Trinajstić information content (AvgIpc) is 2.57. The molecule has 0 spiro atoms. The maximum absolute atomic E-state index is 12.9. The van der Waals surface area contributed by atoms with E-state index in [-0.39, 0.29) is 11.9 Å². The summed E-state index contributed by atoms with van der Waals surface area (Å²) < 4.78 is 31.7. The summed E-state index contributed by atoms with van der Waals surface area (Å²) in [6.45, 7) is 5.92. The normalized spacial score (nSPS) is 19.8. The highest BCUT2D eigenvalue weighted by Crippen LogP contribution is 2.39. The number of carbonyl (C=O) groups is 2. The largest absolute Gasteiger partial charge is 0.490 e. The number of rotatable bonds is 1. The summed E-state index contributed by atoms with van der Waals surface area (Å²) in [6, 6.07) is 2.14. The summed E-state index contributed by atoms with van der Waals surface area (Å²) in [5, 5.41) is 11.1. The predicted molar refractivity (Wildman–Crippen MR) is 93.8 cm³/mol. The highest BCUT2D eigenvalue weighted by molar-refractivity contribution is 6.30. The Balaban J connectivity index is 0.000000321. The fourth-order valence-electron chi connectivity index (χ4n) is 3.16. The zero-order chi connectivity index (χ0) is 20.4. The lowest BCUT2D eigenvalue weighted by molar-refractivity contribution is -0.192. The molecule has 3 rings (SSSR count). The molecule has 2 aliphatic rings. The van der Waals surface area contributed by atoms with Gasteiger partial charge in [-0.2, -0.15) is 13.2 Å². The van der Waals surface area contributed by atoms with Crippen LogP contribution in [0.2, 0.25) is 5.02 Å². The van der Waals surface area contributed by atoms with E-state index in [1.54, 1.807) is 6.20 Å². The van der Waals surface area contributed by atoms with Crippen LogP contribution in [0.25, 0.3) is 0 Å². The predicted octanol–water partition coefficient (Wildman–Crippen LogP) is 3.04. The molecule has 2 aliphatic heterocycles. The number of pyridine rings is 1. The first-order valence-electron chi connectivity index (χ1n) is 8.42. The van der Waals surface area contributed by atoms with Crippen molar-refractivity contribution in [2.75, 3.05) is 18.0 Å². The topological polar surface area (TPSA) is 82.5 Å². The van der Waals surface area contributed by atoms with Crippen molar-refractivity contribution in [1.29, 1.82) is 0 Å². The minimum absolute atomic E-state index is 0.195. The van der Waals surface area contributed by atoms with Crippen molar-refractivity contribution in [1.82, 2.24) is 10.3 Å². The Labute approximate surface area is 159 Å². The molecule has 27 heavy (non-hydrogen) atoms. The van der Waals surface area contributed by atoms with E-state index >= 15 is 0 Å². The third-order valence-electron chi connectivity index (χ3n) is 4.50. The fraction of sp³-hybridized carbons (Fsp3) is 0.588. The first-order valence-corrected chi connectivity index (χ1v) is 8.80. The Morgan fingerprint density at radius 1 is 1.37 bits per heavy atom. The average molecular weight is 408 g/mol. The van der Waals surface area contributed by atoms with E-state index in [1.807, 2.05) is 24.8 Å². The van der Waals surface area contributed by atoms with Gasteiger partial charge in [0, 0.05) is 24.1 Å². The molecule has 1 aromatic heterocycles. The van der Waals surface area contributed by atoms with Gasteiger partial charge in [0.1, 0.15) is 0 Å². The van der Waals surface area contributed by atoms with Gasteiger partial charge in [0.05, 0.1) is 16.4 Å². The number of nitrogens with zero attached hydrogens (tertiary/aromatic N) is 2. The Kier molecular flexibility index (Phi) is 6.36. The van der Waals surface area contributed by atoms with Gasteiger partial charge in [0.2, 0.25) is 5.91 Å². The number of carbonyl (C=O) groups excluding carboxylic acids is 1. The summed E-state index contributed by atoms with van der Waals surface area (Å²) in [4.78, 5) is 28.2. The number of nitrogens with one attached hydrogen (secondary N) is 1. The van der Waals surface area contributed by atoms with Crippen LogP contribution >= 0.6 is 11.6 Å². The number of aliphatic carboxylic acids is 1. The Bertz CT molecular complexity index is 719. The van der Waals surface area contributed by atoms with Crippen LogP contribution in [0.15, 0.2) is 12.3 Å². The summed E-state index contributed by atoms with van der Waals surface area (Å²) in [5.41, 5.74) is 1.50. The van der Waals surface area contributed by atoms with Crippen LogP contribution in [0.4, 0.5) is 18.9 Å². The maximum Gasteiger partial charge on any atom is 0.490 e. The van der Waals surface area contributed by atoms with Crippen molar-refractivity contribution in [3.63, 3.8) is 0 Å². The molecule has 0 atom stereocenters. The highest BCUT2D eigenvalue weighted by atomic mass is 35.5. The summed E-state index contributed by atoms with van der Waals surface area (Å²) in [6.07, 6.45) is -0.770. The number of alkyl halides is 3. The lowest BCUT2D eigenvalue weighted by atomic mass is 9.81. The standard InChI is InChI=1S/C15H20ClN3O.C2HF3O2/c1-15(2)8-12-13(7-10(16)9-18-12)19(14(15)20)11-3-5-17-6-4-11;3-2(4,5)1(6)7/h7,9,11,17H,3-6,8H2,1-2H3;(H,6,7). The lowest BCUT2D eigenvalue weighted by Gasteiger charge is -2.43.